The molecule has 1 fully saturated rings. The van der Waals surface area contributed by atoms with E-state index in [1.807, 2.05) is 0 Å². The van der Waals surface area contributed by atoms with Crippen molar-refractivity contribution < 1.29 is 13.2 Å². The van der Waals surface area contributed by atoms with Gasteiger partial charge < -0.3 is 5.32 Å². The number of hydrogen-bond donors (Lipinski definition) is 2. The first kappa shape index (κ1) is 10.5. The summed E-state index contributed by atoms with van der Waals surface area (Å²) in [6, 6.07) is 0. The van der Waals surface area contributed by atoms with E-state index in [0.29, 0.717) is 6.54 Å². The van der Waals surface area contributed by atoms with Gasteiger partial charge in [0.25, 0.3) is 0 Å². The van der Waals surface area contributed by atoms with Crippen LogP contribution in [0, 0.1) is 5.92 Å². The summed E-state index contributed by atoms with van der Waals surface area (Å²) < 4.78 is 37.5. The lowest BCUT2D eigenvalue weighted by Crippen LogP contribution is -2.41. The number of nitrogens with zero attached hydrogens (tertiary/aromatic N) is 1. The van der Waals surface area contributed by atoms with E-state index >= 15 is 0 Å². The molecule has 3 nitrogen and oxygen atoms in total. The Morgan fingerprint density at radius 1 is 1.33 bits per heavy atom. The highest BCUT2D eigenvalue weighted by Crippen LogP contribution is 2.35. The van der Waals surface area contributed by atoms with Gasteiger partial charge in [0, 0.05) is 25.2 Å². The Kier molecular flexibility index (Phi) is 2.68. The Bertz CT molecular complexity index is 307. The molecule has 84 valence electrons. The maximum absolute atomic E-state index is 12.5. The zero-order chi connectivity index (χ0) is 10.9. The van der Waals surface area contributed by atoms with Gasteiger partial charge in [0.15, 0.2) is 0 Å². The SMILES string of the molecule is FC(F)(F)C1CNCC(c2cn[nH]c2)C1. The highest BCUT2D eigenvalue weighted by molar-refractivity contribution is 5.12. The minimum absolute atomic E-state index is 0.0256. The molecule has 2 heterocycles. The number of hydrogen-bond acceptors (Lipinski definition) is 2. The second-order valence-electron chi connectivity index (χ2n) is 3.86. The smallest absolute Gasteiger partial charge is 0.316 e. The molecular weight excluding hydrogens is 207 g/mol. The number of H-pyrrole nitrogens is 1. The van der Waals surface area contributed by atoms with Crippen LogP contribution < -0.4 is 5.32 Å². The fourth-order valence-corrected chi connectivity index (χ4v) is 1.93. The number of rotatable bonds is 1. The van der Waals surface area contributed by atoms with Gasteiger partial charge in [0.1, 0.15) is 0 Å². The van der Waals surface area contributed by atoms with Gasteiger partial charge in [-0.2, -0.15) is 18.3 Å². The van der Waals surface area contributed by atoms with E-state index in [4.69, 9.17) is 0 Å². The summed E-state index contributed by atoms with van der Waals surface area (Å²) in [5.41, 5.74) is 0.844. The first-order chi connectivity index (χ1) is 7.07. The molecule has 2 unspecified atom stereocenters. The van der Waals surface area contributed by atoms with Gasteiger partial charge in [-0.1, -0.05) is 0 Å². The van der Waals surface area contributed by atoms with Crippen LogP contribution in [0.15, 0.2) is 12.4 Å². The lowest BCUT2D eigenvalue weighted by atomic mass is 9.86. The highest BCUT2D eigenvalue weighted by atomic mass is 19.4. The molecule has 6 heteroatoms. The molecule has 0 aliphatic carbocycles. The number of alkyl halides is 3. The molecule has 2 N–H and O–H groups in total. The molecule has 0 amide bonds. The fraction of sp³-hybridized carbons (Fsp3) is 0.667. The maximum atomic E-state index is 12.5. The molecule has 1 aliphatic rings. The Morgan fingerprint density at radius 3 is 2.73 bits per heavy atom. The first-order valence-corrected chi connectivity index (χ1v) is 4.83. The number of piperidine rings is 1. The van der Waals surface area contributed by atoms with Gasteiger partial charge in [0.05, 0.1) is 12.1 Å². The number of halogens is 3. The molecule has 2 atom stereocenters. The molecule has 1 saturated heterocycles. The van der Waals surface area contributed by atoms with Crippen LogP contribution in [0.4, 0.5) is 13.2 Å². The van der Waals surface area contributed by atoms with Crippen molar-refractivity contribution in [1.82, 2.24) is 15.5 Å². The van der Waals surface area contributed by atoms with Crippen LogP contribution in [0.25, 0.3) is 0 Å². The third-order valence-electron chi connectivity index (χ3n) is 2.80. The Labute approximate surface area is 85.1 Å². The summed E-state index contributed by atoms with van der Waals surface area (Å²) >= 11 is 0. The summed E-state index contributed by atoms with van der Waals surface area (Å²) in [7, 11) is 0. The van der Waals surface area contributed by atoms with E-state index in [1.54, 1.807) is 12.4 Å². The Hall–Kier alpha value is -1.04. The maximum Gasteiger partial charge on any atom is 0.393 e. The topological polar surface area (TPSA) is 40.7 Å². The molecule has 0 bridgehead atoms. The van der Waals surface area contributed by atoms with E-state index in [9.17, 15) is 13.2 Å². The molecule has 15 heavy (non-hydrogen) atoms. The minimum atomic E-state index is -4.10. The molecular formula is C9H12F3N3. The van der Waals surface area contributed by atoms with Crippen LogP contribution >= 0.6 is 0 Å². The predicted molar refractivity (Wildman–Crippen MR) is 48.4 cm³/mol. The van der Waals surface area contributed by atoms with Crippen molar-refractivity contribution in [2.24, 2.45) is 5.92 Å². The Balaban J connectivity index is 2.05. The average molecular weight is 219 g/mol. The summed E-state index contributed by atoms with van der Waals surface area (Å²) in [4.78, 5) is 0. The average Bonchev–Trinajstić information content (AvgIpc) is 2.69. The van der Waals surface area contributed by atoms with Crippen LogP contribution in [0.3, 0.4) is 0 Å². The van der Waals surface area contributed by atoms with E-state index in [1.165, 1.54) is 0 Å². The summed E-state index contributed by atoms with van der Waals surface area (Å²) in [5.74, 6) is -1.34. The molecule has 1 aromatic heterocycles. The van der Waals surface area contributed by atoms with Gasteiger partial charge in [-0.15, -0.1) is 0 Å². The third kappa shape index (κ3) is 2.31. The lowest BCUT2D eigenvalue weighted by Gasteiger charge is -2.30. The van der Waals surface area contributed by atoms with Gasteiger partial charge in [0.2, 0.25) is 0 Å². The quantitative estimate of drug-likeness (QED) is 0.754. The molecule has 0 radical (unpaired) electrons. The van der Waals surface area contributed by atoms with Gasteiger partial charge in [-0.25, -0.2) is 0 Å². The van der Waals surface area contributed by atoms with E-state index in [0.717, 1.165) is 5.56 Å². The van der Waals surface area contributed by atoms with E-state index < -0.39 is 12.1 Å². The zero-order valence-corrected chi connectivity index (χ0v) is 8.01. The van der Waals surface area contributed by atoms with Gasteiger partial charge in [-0.05, 0) is 12.0 Å². The second kappa shape index (κ2) is 3.84. The van der Waals surface area contributed by atoms with Crippen LogP contribution in [0.2, 0.25) is 0 Å². The largest absolute Gasteiger partial charge is 0.393 e. The fourth-order valence-electron chi connectivity index (χ4n) is 1.93. The lowest BCUT2D eigenvalue weighted by molar-refractivity contribution is -0.179. The summed E-state index contributed by atoms with van der Waals surface area (Å²) in [5, 5.41) is 9.19. The minimum Gasteiger partial charge on any atom is -0.316 e. The molecule has 1 aromatic rings. The predicted octanol–water partition coefficient (Wildman–Crippen LogP) is 1.67. The second-order valence-corrected chi connectivity index (χ2v) is 3.86. The van der Waals surface area contributed by atoms with Gasteiger partial charge in [-0.3, -0.25) is 5.10 Å². The summed E-state index contributed by atoms with van der Waals surface area (Å²) in [6.07, 6.45) is -0.707. The van der Waals surface area contributed by atoms with Gasteiger partial charge >= 0.3 is 6.18 Å². The van der Waals surface area contributed by atoms with Crippen molar-refractivity contribution >= 4 is 0 Å². The number of aromatic nitrogens is 2. The molecule has 0 spiro atoms. The van der Waals surface area contributed by atoms with Crippen molar-refractivity contribution in [2.45, 2.75) is 18.5 Å². The first-order valence-electron chi connectivity index (χ1n) is 4.83. The zero-order valence-electron chi connectivity index (χ0n) is 8.01. The number of nitrogens with one attached hydrogen (secondary N) is 2. The standard InChI is InChI=1S/C9H12F3N3/c10-9(11,12)8-1-6(2-13-5-8)7-3-14-15-4-7/h3-4,6,8,13H,1-2,5H2,(H,14,15). The molecule has 0 aromatic carbocycles. The monoisotopic (exact) mass is 219 g/mol. The summed E-state index contributed by atoms with van der Waals surface area (Å²) in [6.45, 7) is 0.615. The van der Waals surface area contributed by atoms with Crippen LogP contribution in [-0.4, -0.2) is 29.5 Å². The third-order valence-corrected chi connectivity index (χ3v) is 2.80. The number of aromatic amines is 1. The van der Waals surface area contributed by atoms with E-state index in [2.05, 4.69) is 15.5 Å². The highest BCUT2D eigenvalue weighted by Gasteiger charge is 2.42. The van der Waals surface area contributed by atoms with Crippen LogP contribution in [-0.2, 0) is 0 Å². The Morgan fingerprint density at radius 2 is 2.13 bits per heavy atom. The van der Waals surface area contributed by atoms with Crippen molar-refractivity contribution in [3.05, 3.63) is 18.0 Å². The van der Waals surface area contributed by atoms with Crippen LogP contribution in [0.5, 0.6) is 0 Å². The molecule has 0 saturated carbocycles. The van der Waals surface area contributed by atoms with E-state index in [-0.39, 0.29) is 18.9 Å². The van der Waals surface area contributed by atoms with Crippen molar-refractivity contribution in [3.63, 3.8) is 0 Å². The van der Waals surface area contributed by atoms with Crippen LogP contribution in [0.1, 0.15) is 17.9 Å². The normalized spacial score (nSPS) is 27.9. The van der Waals surface area contributed by atoms with Crippen molar-refractivity contribution in [1.29, 1.82) is 0 Å². The van der Waals surface area contributed by atoms with Crippen molar-refractivity contribution in [2.75, 3.05) is 13.1 Å². The van der Waals surface area contributed by atoms with Crippen molar-refractivity contribution in [3.8, 4) is 0 Å². The molecule has 2 rings (SSSR count). The molecule has 1 aliphatic heterocycles.